The molecule has 1 aliphatic heterocycles. The molecule has 0 bridgehead atoms. The van der Waals surface area contributed by atoms with E-state index in [0.717, 1.165) is 28.0 Å². The van der Waals surface area contributed by atoms with Crippen LogP contribution >= 0.6 is 0 Å². The van der Waals surface area contributed by atoms with Gasteiger partial charge in [-0.25, -0.2) is 0 Å². The van der Waals surface area contributed by atoms with Crippen molar-refractivity contribution in [3.8, 4) is 5.75 Å². The molecule has 0 unspecified atom stereocenters. The quantitative estimate of drug-likeness (QED) is 0.377. The molecule has 1 saturated heterocycles. The summed E-state index contributed by atoms with van der Waals surface area (Å²) >= 11 is 0. The van der Waals surface area contributed by atoms with Crippen molar-refractivity contribution in [3.63, 3.8) is 0 Å². The highest BCUT2D eigenvalue weighted by atomic mass is 32.2. The average Bonchev–Trinajstić information content (AvgIpc) is 3.27. The lowest BCUT2D eigenvalue weighted by Crippen LogP contribution is -2.29. The topological polar surface area (TPSA) is 71.1 Å². The molecule has 3 rings (SSSR count). The van der Waals surface area contributed by atoms with E-state index >= 15 is 0 Å². The molecule has 0 spiro atoms. The van der Waals surface area contributed by atoms with Crippen LogP contribution in [0, 0.1) is 0 Å². The van der Waals surface area contributed by atoms with E-state index in [1.807, 2.05) is 64.1 Å². The molecule has 1 aliphatic rings. The van der Waals surface area contributed by atoms with E-state index in [4.69, 9.17) is 18.4 Å². The van der Waals surface area contributed by atoms with E-state index < -0.39 is 15.9 Å². The van der Waals surface area contributed by atoms with Gasteiger partial charge in [-0.05, 0) is 58.7 Å². The zero-order valence-corrected chi connectivity index (χ0v) is 22.2. The van der Waals surface area contributed by atoms with Crippen molar-refractivity contribution in [1.29, 1.82) is 0 Å². The lowest BCUT2D eigenvalue weighted by atomic mass is 9.89. The summed E-state index contributed by atoms with van der Waals surface area (Å²) in [5.41, 5.74) is 3.54. The van der Waals surface area contributed by atoms with Gasteiger partial charge < -0.3 is 14.2 Å². The third-order valence-electron chi connectivity index (χ3n) is 6.28. The molecule has 188 valence electrons. The Morgan fingerprint density at radius 2 is 1.41 bits per heavy atom. The van der Waals surface area contributed by atoms with Crippen molar-refractivity contribution >= 4 is 10.1 Å². The van der Waals surface area contributed by atoms with Crippen LogP contribution in [0.25, 0.3) is 0 Å². The van der Waals surface area contributed by atoms with Crippen molar-refractivity contribution in [2.24, 2.45) is 0 Å². The first-order chi connectivity index (χ1) is 16.0. The first kappa shape index (κ1) is 26.7. The molecule has 0 saturated carbocycles. The van der Waals surface area contributed by atoms with Crippen LogP contribution in [0.1, 0.15) is 88.0 Å². The summed E-state index contributed by atoms with van der Waals surface area (Å²) in [5.74, 6) is 0.0653. The molecular weight excluding hydrogens is 452 g/mol. The molecular formula is C27H38O6S. The Balaban J connectivity index is 1.89. The summed E-state index contributed by atoms with van der Waals surface area (Å²) in [6.07, 6.45) is 0.247. The zero-order chi connectivity index (χ0) is 25.1. The van der Waals surface area contributed by atoms with Crippen LogP contribution in [0.4, 0.5) is 0 Å². The highest BCUT2D eigenvalue weighted by molar-refractivity contribution is 7.86. The van der Waals surface area contributed by atoms with Gasteiger partial charge in [0.25, 0.3) is 10.1 Å². The first-order valence-corrected chi connectivity index (χ1v) is 13.4. The molecule has 0 amide bonds. The highest BCUT2D eigenvalue weighted by Gasteiger charge is 2.39. The fourth-order valence-electron chi connectivity index (χ4n) is 4.28. The maximum atomic E-state index is 13.5. The molecule has 2 aromatic rings. The normalized spacial score (nSPS) is 16.1. The number of hydrogen-bond donors (Lipinski definition) is 0. The summed E-state index contributed by atoms with van der Waals surface area (Å²) in [6.45, 7) is 13.1. The molecule has 1 heterocycles. The Morgan fingerprint density at radius 1 is 0.882 bits per heavy atom. The maximum absolute atomic E-state index is 13.5. The smallest absolute Gasteiger partial charge is 0.297 e. The average molecular weight is 491 g/mol. The van der Waals surface area contributed by atoms with Crippen LogP contribution in [0.2, 0.25) is 0 Å². The molecule has 1 fully saturated rings. The highest BCUT2D eigenvalue weighted by Crippen LogP contribution is 2.38. The Bertz CT molecular complexity index is 1040. The van der Waals surface area contributed by atoms with Crippen LogP contribution in [-0.2, 0) is 29.6 Å². The van der Waals surface area contributed by atoms with E-state index in [9.17, 15) is 8.42 Å². The number of benzene rings is 2. The summed E-state index contributed by atoms with van der Waals surface area (Å²) in [5, 5.41) is 0. The fraction of sp³-hybridized carbons (Fsp3) is 0.556. The minimum Gasteiger partial charge on any atom is -0.497 e. The molecule has 6 nitrogen and oxygen atoms in total. The second-order valence-corrected chi connectivity index (χ2v) is 11.2. The standard InChI is InChI=1S/C27H38O6S/c1-18(2)21-16-24(19(3)4)26(25(17-21)20(5)6)34(28,29)33-13-12-27(31-14-15-32-27)22-8-10-23(30-7)11-9-22/h8-11,16-20H,12-15H2,1-7H3. The summed E-state index contributed by atoms with van der Waals surface area (Å²) in [4.78, 5) is 0.300. The van der Waals surface area contributed by atoms with Gasteiger partial charge in [0.05, 0.1) is 26.9 Å². The number of rotatable bonds is 10. The Kier molecular flexibility index (Phi) is 8.45. The van der Waals surface area contributed by atoms with Crippen molar-refractivity contribution < 1.29 is 26.8 Å². The summed E-state index contributed by atoms with van der Waals surface area (Å²) in [7, 11) is -2.39. The molecule has 0 radical (unpaired) electrons. The van der Waals surface area contributed by atoms with Crippen molar-refractivity contribution in [3.05, 3.63) is 58.7 Å². The third-order valence-corrected chi connectivity index (χ3v) is 7.73. The lowest BCUT2D eigenvalue weighted by molar-refractivity contribution is -0.174. The molecule has 34 heavy (non-hydrogen) atoms. The van der Waals surface area contributed by atoms with Crippen LogP contribution in [-0.4, -0.2) is 35.3 Å². The van der Waals surface area contributed by atoms with E-state index in [1.54, 1.807) is 7.11 Å². The van der Waals surface area contributed by atoms with Gasteiger partial charge in [-0.3, -0.25) is 4.18 Å². The molecule has 0 aliphatic carbocycles. The van der Waals surface area contributed by atoms with Gasteiger partial charge in [-0.2, -0.15) is 8.42 Å². The Labute approximate surface area is 204 Å². The predicted octanol–water partition coefficient (Wildman–Crippen LogP) is 6.06. The maximum Gasteiger partial charge on any atom is 0.297 e. The summed E-state index contributed by atoms with van der Waals surface area (Å²) < 4.78 is 49.9. The van der Waals surface area contributed by atoms with Gasteiger partial charge in [0.15, 0.2) is 5.79 Å². The molecule has 0 N–H and O–H groups in total. The van der Waals surface area contributed by atoms with Crippen LogP contribution in [0.5, 0.6) is 5.75 Å². The number of methoxy groups -OCH3 is 1. The van der Waals surface area contributed by atoms with E-state index in [1.165, 1.54) is 0 Å². The van der Waals surface area contributed by atoms with E-state index in [2.05, 4.69) is 13.8 Å². The second-order valence-electron chi connectivity index (χ2n) is 9.70. The second kappa shape index (κ2) is 10.8. The van der Waals surface area contributed by atoms with Gasteiger partial charge in [0.2, 0.25) is 0 Å². The number of ether oxygens (including phenoxy) is 3. The third kappa shape index (κ3) is 5.65. The zero-order valence-electron chi connectivity index (χ0n) is 21.4. The fourth-order valence-corrected chi connectivity index (χ4v) is 5.87. The Hall–Kier alpha value is -1.93. The molecule has 7 heteroatoms. The molecule has 0 atom stereocenters. The molecule has 0 aromatic heterocycles. The monoisotopic (exact) mass is 490 g/mol. The van der Waals surface area contributed by atoms with Gasteiger partial charge in [0.1, 0.15) is 10.6 Å². The number of hydrogen-bond acceptors (Lipinski definition) is 6. The first-order valence-electron chi connectivity index (χ1n) is 12.0. The largest absolute Gasteiger partial charge is 0.497 e. The van der Waals surface area contributed by atoms with Gasteiger partial charge in [-0.15, -0.1) is 0 Å². The Morgan fingerprint density at radius 3 is 1.85 bits per heavy atom. The van der Waals surface area contributed by atoms with Gasteiger partial charge in [0, 0.05) is 12.0 Å². The van der Waals surface area contributed by atoms with Crippen LogP contribution in [0.3, 0.4) is 0 Å². The van der Waals surface area contributed by atoms with Gasteiger partial charge >= 0.3 is 0 Å². The van der Waals surface area contributed by atoms with Crippen molar-refractivity contribution in [2.45, 2.75) is 76.4 Å². The van der Waals surface area contributed by atoms with Crippen molar-refractivity contribution in [2.75, 3.05) is 26.9 Å². The lowest BCUT2D eigenvalue weighted by Gasteiger charge is -2.28. The summed E-state index contributed by atoms with van der Waals surface area (Å²) in [6, 6.07) is 11.4. The van der Waals surface area contributed by atoms with Crippen LogP contribution < -0.4 is 4.74 Å². The minimum atomic E-state index is -4.00. The van der Waals surface area contributed by atoms with E-state index in [0.29, 0.717) is 24.0 Å². The van der Waals surface area contributed by atoms with Crippen LogP contribution in [0.15, 0.2) is 41.3 Å². The van der Waals surface area contributed by atoms with E-state index in [-0.39, 0.29) is 24.9 Å². The molecule has 2 aromatic carbocycles. The SMILES string of the molecule is COc1ccc(C2(CCOS(=O)(=O)c3c(C(C)C)cc(C(C)C)cc3C(C)C)OCCO2)cc1. The van der Waals surface area contributed by atoms with Crippen molar-refractivity contribution in [1.82, 2.24) is 0 Å². The predicted molar refractivity (Wildman–Crippen MR) is 133 cm³/mol. The minimum absolute atomic E-state index is 0.0386. The van der Waals surface area contributed by atoms with Gasteiger partial charge in [-0.1, -0.05) is 53.7 Å².